The smallest absolute Gasteiger partial charge is 0.262 e. The minimum atomic E-state index is -0.325. The monoisotopic (exact) mass is 478 g/mol. The lowest BCUT2D eigenvalue weighted by Gasteiger charge is -2.14. The molecule has 162 valence electrons. The number of rotatable bonds is 9. The molecule has 0 aliphatic carbocycles. The van der Waals surface area contributed by atoms with Crippen LogP contribution in [-0.2, 0) is 11.3 Å². The number of benzene rings is 3. The second kappa shape index (κ2) is 11.1. The molecule has 3 aromatic rings. The van der Waals surface area contributed by atoms with Crippen LogP contribution in [0.5, 0.6) is 11.5 Å². The molecule has 0 atom stereocenters. The molecule has 0 radical (unpaired) electrons. The van der Waals surface area contributed by atoms with Crippen molar-refractivity contribution in [3.8, 4) is 11.5 Å². The summed E-state index contributed by atoms with van der Waals surface area (Å²) in [6, 6.07) is 17.9. The Labute approximate surface area is 196 Å². The first-order valence-electron chi connectivity index (χ1n) is 9.57. The Balaban J connectivity index is 1.60. The minimum absolute atomic E-state index is 0.178. The van der Waals surface area contributed by atoms with Crippen LogP contribution in [0.25, 0.3) is 0 Å². The van der Waals surface area contributed by atoms with Crippen LogP contribution in [0.15, 0.2) is 60.7 Å². The molecular weight excluding hydrogens is 459 g/mol. The van der Waals surface area contributed by atoms with Crippen LogP contribution in [0.2, 0.25) is 15.1 Å². The van der Waals surface area contributed by atoms with E-state index in [1.165, 1.54) is 0 Å². The predicted octanol–water partition coefficient (Wildman–Crippen LogP) is 6.68. The largest absolute Gasteiger partial charge is 0.490 e. The van der Waals surface area contributed by atoms with E-state index in [0.717, 1.165) is 11.3 Å². The van der Waals surface area contributed by atoms with Gasteiger partial charge >= 0.3 is 0 Å². The highest BCUT2D eigenvalue weighted by Gasteiger charge is 2.10. The van der Waals surface area contributed by atoms with Crippen molar-refractivity contribution in [2.75, 3.05) is 23.8 Å². The van der Waals surface area contributed by atoms with Crippen molar-refractivity contribution in [1.82, 2.24) is 0 Å². The maximum absolute atomic E-state index is 12.2. The summed E-state index contributed by atoms with van der Waals surface area (Å²) >= 11 is 17.8. The molecule has 0 heterocycles. The zero-order valence-electron chi connectivity index (χ0n) is 16.8. The van der Waals surface area contributed by atoms with Gasteiger partial charge in [-0.05, 0) is 67.1 Å². The number of ether oxygens (including phenoxy) is 2. The highest BCUT2D eigenvalue weighted by atomic mass is 35.5. The van der Waals surface area contributed by atoms with Gasteiger partial charge in [-0.15, -0.1) is 0 Å². The van der Waals surface area contributed by atoms with Gasteiger partial charge in [-0.3, -0.25) is 4.79 Å². The van der Waals surface area contributed by atoms with Crippen LogP contribution >= 0.6 is 34.8 Å². The summed E-state index contributed by atoms with van der Waals surface area (Å²) in [5, 5.41) is 7.51. The van der Waals surface area contributed by atoms with Crippen molar-refractivity contribution in [2.45, 2.75) is 13.5 Å². The molecular formula is C23H21Cl3N2O3. The number of carbonyl (C=O) groups excluding carboxylic acids is 1. The standard InChI is InChI=1S/C23H21Cl3N2O3/c1-2-30-22-11-15(13-27-17-6-4-16(24)5-7-17)3-10-21(22)31-14-23(29)28-18-8-9-19(25)20(26)12-18/h3-12,27H,2,13-14H2,1H3,(H,28,29). The maximum atomic E-state index is 12.2. The second-order valence-corrected chi connectivity index (χ2v) is 7.79. The molecule has 1 amide bonds. The molecule has 5 nitrogen and oxygen atoms in total. The zero-order chi connectivity index (χ0) is 22.2. The molecule has 0 aliphatic heterocycles. The fraction of sp³-hybridized carbons (Fsp3) is 0.174. The average molecular weight is 480 g/mol. The molecule has 31 heavy (non-hydrogen) atoms. The maximum Gasteiger partial charge on any atom is 0.262 e. The van der Waals surface area contributed by atoms with Gasteiger partial charge in [-0.1, -0.05) is 40.9 Å². The molecule has 3 rings (SSSR count). The quantitative estimate of drug-likeness (QED) is 0.359. The molecule has 8 heteroatoms. The molecule has 0 aromatic heterocycles. The molecule has 0 unspecified atom stereocenters. The average Bonchev–Trinajstić information content (AvgIpc) is 2.75. The van der Waals surface area contributed by atoms with E-state index in [0.29, 0.717) is 45.4 Å². The van der Waals surface area contributed by atoms with Crippen molar-refractivity contribution in [3.05, 3.63) is 81.3 Å². The lowest BCUT2D eigenvalue weighted by Crippen LogP contribution is -2.20. The Bertz CT molecular complexity index is 1040. The lowest BCUT2D eigenvalue weighted by molar-refractivity contribution is -0.118. The van der Waals surface area contributed by atoms with Gasteiger partial charge < -0.3 is 20.1 Å². The summed E-state index contributed by atoms with van der Waals surface area (Å²) < 4.78 is 11.4. The summed E-state index contributed by atoms with van der Waals surface area (Å²) in [5.74, 6) is 0.732. The number of halogens is 3. The number of amides is 1. The highest BCUT2D eigenvalue weighted by Crippen LogP contribution is 2.29. The highest BCUT2D eigenvalue weighted by molar-refractivity contribution is 6.42. The molecule has 0 saturated heterocycles. The topological polar surface area (TPSA) is 59.6 Å². The number of hydrogen-bond acceptors (Lipinski definition) is 4. The van der Waals surface area contributed by atoms with E-state index in [9.17, 15) is 4.79 Å². The van der Waals surface area contributed by atoms with E-state index in [2.05, 4.69) is 10.6 Å². The van der Waals surface area contributed by atoms with Crippen molar-refractivity contribution in [2.24, 2.45) is 0 Å². The molecule has 0 fully saturated rings. The fourth-order valence-corrected chi connectivity index (χ4v) is 3.16. The van der Waals surface area contributed by atoms with Gasteiger partial charge in [0.25, 0.3) is 5.91 Å². The summed E-state index contributed by atoms with van der Waals surface area (Å²) in [6.07, 6.45) is 0. The van der Waals surface area contributed by atoms with Gasteiger partial charge in [-0.25, -0.2) is 0 Å². The fourth-order valence-electron chi connectivity index (χ4n) is 2.74. The number of anilines is 2. The molecule has 0 aliphatic rings. The van der Waals surface area contributed by atoms with Gasteiger partial charge in [0.2, 0.25) is 0 Å². The normalized spacial score (nSPS) is 10.5. The first-order valence-corrected chi connectivity index (χ1v) is 10.7. The second-order valence-electron chi connectivity index (χ2n) is 6.54. The van der Waals surface area contributed by atoms with Crippen LogP contribution in [0.4, 0.5) is 11.4 Å². The van der Waals surface area contributed by atoms with Crippen molar-refractivity contribution in [3.63, 3.8) is 0 Å². The molecule has 0 saturated carbocycles. The third-order valence-corrected chi connectivity index (χ3v) is 5.20. The molecule has 0 bridgehead atoms. The summed E-state index contributed by atoms with van der Waals surface area (Å²) in [7, 11) is 0. The number of hydrogen-bond donors (Lipinski definition) is 2. The van der Waals surface area contributed by atoms with Gasteiger partial charge in [0, 0.05) is 22.9 Å². The Morgan fingerprint density at radius 1 is 0.839 bits per heavy atom. The third kappa shape index (κ3) is 6.96. The Hall–Kier alpha value is -2.60. The van der Waals surface area contributed by atoms with Gasteiger partial charge in [-0.2, -0.15) is 0 Å². The van der Waals surface area contributed by atoms with E-state index in [4.69, 9.17) is 44.3 Å². The van der Waals surface area contributed by atoms with E-state index in [1.807, 2.05) is 43.3 Å². The summed E-state index contributed by atoms with van der Waals surface area (Å²) in [5.41, 5.74) is 2.50. The summed E-state index contributed by atoms with van der Waals surface area (Å²) in [6.45, 7) is 2.78. The Kier molecular flexibility index (Phi) is 8.29. The predicted molar refractivity (Wildman–Crippen MR) is 127 cm³/mol. The zero-order valence-corrected chi connectivity index (χ0v) is 19.0. The molecule has 2 N–H and O–H groups in total. The first kappa shape index (κ1) is 23.1. The Morgan fingerprint density at radius 2 is 1.58 bits per heavy atom. The van der Waals surface area contributed by atoms with Crippen LogP contribution in [0.3, 0.4) is 0 Å². The summed E-state index contributed by atoms with van der Waals surface area (Å²) in [4.78, 5) is 12.2. The lowest BCUT2D eigenvalue weighted by atomic mass is 10.2. The number of carbonyl (C=O) groups is 1. The van der Waals surface area contributed by atoms with E-state index < -0.39 is 0 Å². The van der Waals surface area contributed by atoms with E-state index in [1.54, 1.807) is 24.3 Å². The van der Waals surface area contributed by atoms with Gasteiger partial charge in [0.15, 0.2) is 18.1 Å². The minimum Gasteiger partial charge on any atom is -0.490 e. The van der Waals surface area contributed by atoms with Crippen molar-refractivity contribution >= 4 is 52.1 Å². The van der Waals surface area contributed by atoms with Crippen LogP contribution in [-0.4, -0.2) is 19.1 Å². The van der Waals surface area contributed by atoms with Crippen molar-refractivity contribution in [1.29, 1.82) is 0 Å². The SMILES string of the molecule is CCOc1cc(CNc2ccc(Cl)cc2)ccc1OCC(=O)Nc1ccc(Cl)c(Cl)c1. The van der Waals surface area contributed by atoms with Gasteiger partial charge in [0.1, 0.15) is 0 Å². The number of nitrogens with one attached hydrogen (secondary N) is 2. The molecule has 0 spiro atoms. The van der Waals surface area contributed by atoms with Crippen molar-refractivity contribution < 1.29 is 14.3 Å². The van der Waals surface area contributed by atoms with Crippen LogP contribution < -0.4 is 20.1 Å². The van der Waals surface area contributed by atoms with E-state index >= 15 is 0 Å². The van der Waals surface area contributed by atoms with Gasteiger partial charge in [0.05, 0.1) is 16.7 Å². The Morgan fingerprint density at radius 3 is 2.29 bits per heavy atom. The van der Waals surface area contributed by atoms with Crippen LogP contribution in [0.1, 0.15) is 12.5 Å². The van der Waals surface area contributed by atoms with Crippen LogP contribution in [0, 0.1) is 0 Å². The molecule has 3 aromatic carbocycles. The third-order valence-electron chi connectivity index (χ3n) is 4.21. The van der Waals surface area contributed by atoms with E-state index in [-0.39, 0.29) is 12.5 Å². The first-order chi connectivity index (χ1) is 14.9.